The van der Waals surface area contributed by atoms with Gasteiger partial charge in [-0.3, -0.25) is 9.59 Å². The summed E-state index contributed by atoms with van der Waals surface area (Å²) in [5.41, 5.74) is 3.68. The third-order valence-electron chi connectivity index (χ3n) is 4.91. The predicted molar refractivity (Wildman–Crippen MR) is 117 cm³/mol. The van der Waals surface area contributed by atoms with Crippen molar-refractivity contribution in [2.24, 2.45) is 0 Å². The van der Waals surface area contributed by atoms with E-state index < -0.39 is 0 Å². The van der Waals surface area contributed by atoms with E-state index in [1.807, 2.05) is 61.5 Å². The summed E-state index contributed by atoms with van der Waals surface area (Å²) in [7, 11) is 0. The van der Waals surface area contributed by atoms with Crippen LogP contribution in [0, 0.1) is 0 Å². The third kappa shape index (κ3) is 5.11. The maximum absolute atomic E-state index is 12.8. The van der Waals surface area contributed by atoms with Crippen LogP contribution < -0.4 is 10.6 Å². The van der Waals surface area contributed by atoms with E-state index in [1.165, 1.54) is 5.56 Å². The smallest absolute Gasteiger partial charge is 0.255 e. The minimum absolute atomic E-state index is 0.143. The molecule has 0 radical (unpaired) electrons. The Morgan fingerprint density at radius 1 is 0.690 bits per heavy atom. The first-order chi connectivity index (χ1) is 14.0. The number of benzene rings is 3. The van der Waals surface area contributed by atoms with Crippen molar-refractivity contribution < 1.29 is 9.59 Å². The standard InChI is InChI=1S/C25H26N2O2/c1-17(2)19-13-15-21(16-14-19)24(28)27-23-12-8-7-11-22(23)25(29)26-18(3)20-9-5-4-6-10-20/h4-18H,1-3H3,(H,26,29)(H,27,28). The summed E-state index contributed by atoms with van der Waals surface area (Å²) >= 11 is 0. The Kier molecular flexibility index (Phi) is 6.45. The van der Waals surface area contributed by atoms with Crippen molar-refractivity contribution in [3.05, 3.63) is 101 Å². The Morgan fingerprint density at radius 2 is 1.31 bits per heavy atom. The Morgan fingerprint density at radius 3 is 1.97 bits per heavy atom. The highest BCUT2D eigenvalue weighted by Gasteiger charge is 2.16. The maximum Gasteiger partial charge on any atom is 0.255 e. The average Bonchev–Trinajstić information content (AvgIpc) is 2.74. The van der Waals surface area contributed by atoms with Crippen LogP contribution in [0.2, 0.25) is 0 Å². The van der Waals surface area contributed by atoms with E-state index in [0.717, 1.165) is 5.56 Å². The molecule has 1 unspecified atom stereocenters. The van der Waals surface area contributed by atoms with Crippen molar-refractivity contribution in [1.29, 1.82) is 0 Å². The van der Waals surface area contributed by atoms with E-state index in [2.05, 4.69) is 24.5 Å². The van der Waals surface area contributed by atoms with Gasteiger partial charge in [-0.25, -0.2) is 0 Å². The molecule has 29 heavy (non-hydrogen) atoms. The van der Waals surface area contributed by atoms with Crippen molar-refractivity contribution in [2.45, 2.75) is 32.7 Å². The molecule has 2 N–H and O–H groups in total. The van der Waals surface area contributed by atoms with Gasteiger partial charge < -0.3 is 10.6 Å². The van der Waals surface area contributed by atoms with Gasteiger partial charge in [0.1, 0.15) is 0 Å². The van der Waals surface area contributed by atoms with Gasteiger partial charge in [0, 0.05) is 5.56 Å². The second kappa shape index (κ2) is 9.20. The number of amides is 2. The minimum Gasteiger partial charge on any atom is -0.345 e. The van der Waals surface area contributed by atoms with Gasteiger partial charge in [0.15, 0.2) is 0 Å². The van der Waals surface area contributed by atoms with Gasteiger partial charge in [0.2, 0.25) is 0 Å². The van der Waals surface area contributed by atoms with Crippen LogP contribution in [0.3, 0.4) is 0 Å². The van der Waals surface area contributed by atoms with Crippen LogP contribution in [0.5, 0.6) is 0 Å². The Bertz CT molecular complexity index is 979. The third-order valence-corrected chi connectivity index (χ3v) is 4.91. The lowest BCUT2D eigenvalue weighted by Crippen LogP contribution is -2.28. The number of hydrogen-bond acceptors (Lipinski definition) is 2. The minimum atomic E-state index is -0.239. The average molecular weight is 386 g/mol. The molecule has 3 aromatic rings. The number of anilines is 1. The van der Waals surface area contributed by atoms with Crippen LogP contribution in [0.15, 0.2) is 78.9 Å². The summed E-state index contributed by atoms with van der Waals surface area (Å²) in [5, 5.41) is 5.87. The molecule has 0 aromatic heterocycles. The number of para-hydroxylation sites is 1. The van der Waals surface area contributed by atoms with E-state index in [9.17, 15) is 9.59 Å². The van der Waals surface area contributed by atoms with Gasteiger partial charge in [0.05, 0.1) is 17.3 Å². The van der Waals surface area contributed by atoms with Crippen molar-refractivity contribution in [3.8, 4) is 0 Å². The van der Waals surface area contributed by atoms with Gasteiger partial charge in [-0.15, -0.1) is 0 Å². The lowest BCUT2D eigenvalue weighted by atomic mass is 10.0. The summed E-state index contributed by atoms with van der Waals surface area (Å²) in [5.74, 6) is -0.0628. The van der Waals surface area contributed by atoms with Crippen LogP contribution in [0.25, 0.3) is 0 Å². The molecule has 1 atom stereocenters. The number of carbonyl (C=O) groups is 2. The van der Waals surface area contributed by atoms with E-state index >= 15 is 0 Å². The lowest BCUT2D eigenvalue weighted by molar-refractivity contribution is 0.0941. The second-order valence-corrected chi connectivity index (χ2v) is 7.38. The molecule has 0 bridgehead atoms. The molecular formula is C25H26N2O2. The van der Waals surface area contributed by atoms with Crippen LogP contribution in [-0.4, -0.2) is 11.8 Å². The highest BCUT2D eigenvalue weighted by atomic mass is 16.2. The molecule has 0 aliphatic heterocycles. The molecule has 0 saturated heterocycles. The molecule has 3 rings (SSSR count). The van der Waals surface area contributed by atoms with Crippen LogP contribution in [0.1, 0.15) is 64.6 Å². The van der Waals surface area contributed by atoms with Crippen LogP contribution in [-0.2, 0) is 0 Å². The number of nitrogens with one attached hydrogen (secondary N) is 2. The monoisotopic (exact) mass is 386 g/mol. The fourth-order valence-electron chi connectivity index (χ4n) is 3.10. The first-order valence-electron chi connectivity index (χ1n) is 9.82. The zero-order chi connectivity index (χ0) is 20.8. The molecule has 148 valence electrons. The topological polar surface area (TPSA) is 58.2 Å². The Labute approximate surface area is 172 Å². The van der Waals surface area contributed by atoms with Gasteiger partial charge in [-0.05, 0) is 48.2 Å². The van der Waals surface area contributed by atoms with E-state index in [4.69, 9.17) is 0 Å². The summed E-state index contributed by atoms with van der Waals surface area (Å²) in [6.45, 7) is 6.16. The molecule has 0 saturated carbocycles. The molecule has 4 nitrogen and oxygen atoms in total. The molecular weight excluding hydrogens is 360 g/mol. The Hall–Kier alpha value is -3.40. The molecule has 0 fully saturated rings. The zero-order valence-electron chi connectivity index (χ0n) is 17.0. The largest absolute Gasteiger partial charge is 0.345 e. The summed E-state index contributed by atoms with van der Waals surface area (Å²) in [6.07, 6.45) is 0. The van der Waals surface area contributed by atoms with Gasteiger partial charge >= 0.3 is 0 Å². The van der Waals surface area contributed by atoms with E-state index in [1.54, 1.807) is 24.3 Å². The molecule has 2 amide bonds. The zero-order valence-corrected chi connectivity index (χ0v) is 17.0. The molecule has 0 spiro atoms. The lowest BCUT2D eigenvalue weighted by Gasteiger charge is -2.16. The normalized spacial score (nSPS) is 11.7. The molecule has 0 aliphatic carbocycles. The summed E-state index contributed by atoms with van der Waals surface area (Å²) in [4.78, 5) is 25.5. The van der Waals surface area contributed by atoms with Crippen molar-refractivity contribution >= 4 is 17.5 Å². The van der Waals surface area contributed by atoms with E-state index in [0.29, 0.717) is 22.7 Å². The molecule has 3 aromatic carbocycles. The molecule has 4 heteroatoms. The van der Waals surface area contributed by atoms with Gasteiger partial charge in [0.25, 0.3) is 11.8 Å². The number of hydrogen-bond donors (Lipinski definition) is 2. The van der Waals surface area contributed by atoms with E-state index in [-0.39, 0.29) is 17.9 Å². The predicted octanol–water partition coefficient (Wildman–Crippen LogP) is 5.55. The summed E-state index contributed by atoms with van der Waals surface area (Å²) < 4.78 is 0. The van der Waals surface area contributed by atoms with Crippen molar-refractivity contribution in [3.63, 3.8) is 0 Å². The molecule has 0 heterocycles. The highest BCUT2D eigenvalue weighted by Crippen LogP contribution is 2.20. The quantitative estimate of drug-likeness (QED) is 0.583. The van der Waals surface area contributed by atoms with Crippen LogP contribution in [0.4, 0.5) is 5.69 Å². The van der Waals surface area contributed by atoms with Crippen LogP contribution >= 0.6 is 0 Å². The van der Waals surface area contributed by atoms with Crippen molar-refractivity contribution in [1.82, 2.24) is 5.32 Å². The second-order valence-electron chi connectivity index (χ2n) is 7.38. The SMILES string of the molecule is CC(C)c1ccc(C(=O)Nc2ccccc2C(=O)NC(C)c2ccccc2)cc1. The fraction of sp³-hybridized carbons (Fsp3) is 0.200. The first kappa shape index (κ1) is 20.3. The molecule has 0 aliphatic rings. The number of carbonyl (C=O) groups excluding carboxylic acids is 2. The summed E-state index contributed by atoms with van der Waals surface area (Å²) in [6, 6.07) is 24.2. The highest BCUT2D eigenvalue weighted by molar-refractivity contribution is 6.09. The number of rotatable bonds is 6. The van der Waals surface area contributed by atoms with Gasteiger partial charge in [-0.1, -0.05) is 68.4 Å². The fourth-order valence-corrected chi connectivity index (χ4v) is 3.10. The Balaban J connectivity index is 1.74. The van der Waals surface area contributed by atoms with Gasteiger partial charge in [-0.2, -0.15) is 0 Å². The van der Waals surface area contributed by atoms with Crippen molar-refractivity contribution in [2.75, 3.05) is 5.32 Å². The maximum atomic E-state index is 12.8. The first-order valence-corrected chi connectivity index (χ1v) is 9.82.